The van der Waals surface area contributed by atoms with E-state index in [1.807, 2.05) is 0 Å². The number of benzene rings is 2. The molecule has 0 atom stereocenters. The average Bonchev–Trinajstić information content (AvgIpc) is 2.90. The number of carbonyl (C=O) groups is 2. The van der Waals surface area contributed by atoms with E-state index in [1.54, 1.807) is 32.0 Å². The minimum Gasteiger partial charge on any atom is -0.493 e. The summed E-state index contributed by atoms with van der Waals surface area (Å²) in [5.41, 5.74) is 1.28. The van der Waals surface area contributed by atoms with Crippen molar-refractivity contribution in [3.63, 3.8) is 0 Å². The number of amides is 2. The number of fused-ring (bicyclic) bond motifs is 2. The summed E-state index contributed by atoms with van der Waals surface area (Å²) in [7, 11) is 0. The average molecular weight is 445 g/mol. The normalized spacial score (nSPS) is 18.4. The minimum absolute atomic E-state index is 0.113. The fraction of sp³-hybridized carbons (Fsp3) is 0.304. The number of rotatable bonds is 2. The Kier molecular flexibility index (Phi) is 5.36. The Hall–Kier alpha value is -3.49. The molecule has 2 aliphatic heterocycles. The van der Waals surface area contributed by atoms with Gasteiger partial charge in [-0.05, 0) is 62.6 Å². The summed E-state index contributed by atoms with van der Waals surface area (Å²) in [4.78, 5) is 24.8. The molecule has 3 N–H and O–H groups in total. The third kappa shape index (κ3) is 4.42. The van der Waals surface area contributed by atoms with Crippen molar-refractivity contribution in [3.8, 4) is 5.75 Å². The van der Waals surface area contributed by atoms with Crippen LogP contribution in [0.25, 0.3) is 5.57 Å². The summed E-state index contributed by atoms with van der Waals surface area (Å²) in [6.45, 7) is 3.79. The summed E-state index contributed by atoms with van der Waals surface area (Å²) < 4.78 is 44.6. The van der Waals surface area contributed by atoms with Crippen molar-refractivity contribution in [1.29, 1.82) is 0 Å². The fourth-order valence-electron chi connectivity index (χ4n) is 3.66. The lowest BCUT2D eigenvalue weighted by Crippen LogP contribution is -2.47. The maximum Gasteiger partial charge on any atom is 0.416 e. The van der Waals surface area contributed by atoms with Crippen molar-refractivity contribution >= 4 is 34.4 Å². The van der Waals surface area contributed by atoms with Crippen molar-refractivity contribution in [2.45, 2.75) is 38.4 Å². The van der Waals surface area contributed by atoms with Gasteiger partial charge in [0.2, 0.25) is 11.8 Å². The molecular weight excluding hydrogens is 423 g/mol. The Labute approximate surface area is 182 Å². The molecule has 0 unspecified atom stereocenters. The zero-order valence-corrected chi connectivity index (χ0v) is 17.5. The lowest BCUT2D eigenvalue weighted by molar-refractivity contribution is -0.137. The topological polar surface area (TPSA) is 79.5 Å². The van der Waals surface area contributed by atoms with Gasteiger partial charge in [0.05, 0.1) is 23.5 Å². The SMILES string of the molecule is CC1(C)Nc2ccc(NC(=O)/C=C3\CCCOc4cc(C(F)(F)F)ccc43)cc2NC1=O. The molecule has 168 valence electrons. The second kappa shape index (κ2) is 7.89. The first-order chi connectivity index (χ1) is 15.0. The predicted octanol–water partition coefficient (Wildman–Crippen LogP) is 5.04. The molecule has 0 fully saturated rings. The Morgan fingerprint density at radius 2 is 1.94 bits per heavy atom. The van der Waals surface area contributed by atoms with Gasteiger partial charge in [-0.25, -0.2) is 0 Å². The van der Waals surface area contributed by atoms with Crippen molar-refractivity contribution in [1.82, 2.24) is 0 Å². The Balaban J connectivity index is 1.56. The number of halogens is 3. The maximum absolute atomic E-state index is 13.0. The van der Waals surface area contributed by atoms with E-state index in [-0.39, 0.29) is 18.3 Å². The van der Waals surface area contributed by atoms with E-state index in [2.05, 4.69) is 16.0 Å². The van der Waals surface area contributed by atoms with Gasteiger partial charge in [0.1, 0.15) is 11.3 Å². The van der Waals surface area contributed by atoms with Crippen LogP contribution in [0.2, 0.25) is 0 Å². The molecule has 2 aromatic rings. The molecule has 6 nitrogen and oxygen atoms in total. The van der Waals surface area contributed by atoms with Crippen LogP contribution in [-0.4, -0.2) is 24.0 Å². The van der Waals surface area contributed by atoms with E-state index in [0.29, 0.717) is 35.4 Å². The smallest absolute Gasteiger partial charge is 0.416 e. The maximum atomic E-state index is 13.0. The van der Waals surface area contributed by atoms with Crippen LogP contribution in [0.1, 0.15) is 37.8 Å². The second-order valence-corrected chi connectivity index (χ2v) is 8.28. The van der Waals surface area contributed by atoms with Crippen LogP contribution < -0.4 is 20.7 Å². The molecule has 0 radical (unpaired) electrons. The van der Waals surface area contributed by atoms with Gasteiger partial charge >= 0.3 is 6.18 Å². The lowest BCUT2D eigenvalue weighted by Gasteiger charge is -2.32. The van der Waals surface area contributed by atoms with E-state index < -0.39 is 23.2 Å². The van der Waals surface area contributed by atoms with Crippen LogP contribution in [0.15, 0.2) is 42.5 Å². The zero-order valence-electron chi connectivity index (χ0n) is 17.5. The lowest BCUT2D eigenvalue weighted by atomic mass is 9.99. The number of nitrogens with one attached hydrogen (secondary N) is 3. The van der Waals surface area contributed by atoms with E-state index in [9.17, 15) is 22.8 Å². The quantitative estimate of drug-likeness (QED) is 0.566. The molecule has 2 aromatic carbocycles. The van der Waals surface area contributed by atoms with Crippen LogP contribution in [-0.2, 0) is 15.8 Å². The molecule has 0 aromatic heterocycles. The molecule has 32 heavy (non-hydrogen) atoms. The summed E-state index contributed by atoms with van der Waals surface area (Å²) in [6.07, 6.45) is -2.04. The van der Waals surface area contributed by atoms with Crippen molar-refractivity contribution in [3.05, 3.63) is 53.6 Å². The number of allylic oxidation sites excluding steroid dienone is 1. The van der Waals surface area contributed by atoms with Gasteiger partial charge < -0.3 is 20.7 Å². The van der Waals surface area contributed by atoms with Crippen LogP contribution in [0, 0.1) is 0 Å². The summed E-state index contributed by atoms with van der Waals surface area (Å²) >= 11 is 0. The Morgan fingerprint density at radius 1 is 1.16 bits per heavy atom. The Morgan fingerprint density at radius 3 is 2.69 bits per heavy atom. The van der Waals surface area contributed by atoms with Crippen molar-refractivity contribution in [2.75, 3.05) is 22.6 Å². The first-order valence-electron chi connectivity index (χ1n) is 10.1. The van der Waals surface area contributed by atoms with Gasteiger partial charge in [0.15, 0.2) is 0 Å². The molecule has 2 aliphatic rings. The third-order valence-electron chi connectivity index (χ3n) is 5.36. The first kappa shape index (κ1) is 21.7. The van der Waals surface area contributed by atoms with E-state index in [0.717, 1.165) is 17.8 Å². The monoisotopic (exact) mass is 445 g/mol. The van der Waals surface area contributed by atoms with Gasteiger partial charge in [-0.1, -0.05) is 6.07 Å². The van der Waals surface area contributed by atoms with Gasteiger partial charge in [-0.2, -0.15) is 13.2 Å². The molecule has 0 saturated heterocycles. The van der Waals surface area contributed by atoms with Gasteiger partial charge in [0, 0.05) is 17.3 Å². The van der Waals surface area contributed by atoms with E-state index in [4.69, 9.17) is 4.74 Å². The molecular formula is C23H22F3N3O3. The fourth-order valence-corrected chi connectivity index (χ4v) is 3.66. The van der Waals surface area contributed by atoms with Gasteiger partial charge in [-0.15, -0.1) is 0 Å². The molecule has 2 amide bonds. The summed E-state index contributed by atoms with van der Waals surface area (Å²) in [5, 5.41) is 8.69. The summed E-state index contributed by atoms with van der Waals surface area (Å²) in [6, 6.07) is 8.39. The second-order valence-electron chi connectivity index (χ2n) is 8.28. The molecule has 0 bridgehead atoms. The number of alkyl halides is 3. The number of ether oxygens (including phenoxy) is 1. The largest absolute Gasteiger partial charge is 0.493 e. The molecule has 0 saturated carbocycles. The first-order valence-corrected chi connectivity index (χ1v) is 10.1. The minimum atomic E-state index is -4.47. The standard InChI is InChI=1S/C23H22F3N3O3/c1-22(2)21(31)28-18-12-15(6-8-17(18)29-22)27-20(30)10-13-4-3-9-32-19-11-14(23(24,25)26)5-7-16(13)19/h5-8,10-12,29H,3-4,9H2,1-2H3,(H,27,30)(H,28,31)/b13-10+. The number of hydrogen-bond donors (Lipinski definition) is 3. The molecule has 0 aliphatic carbocycles. The van der Waals surface area contributed by atoms with Crippen LogP contribution in [0.5, 0.6) is 5.75 Å². The molecule has 9 heteroatoms. The van der Waals surface area contributed by atoms with Gasteiger partial charge in [-0.3, -0.25) is 9.59 Å². The number of carbonyl (C=O) groups excluding carboxylic acids is 2. The highest BCUT2D eigenvalue weighted by Gasteiger charge is 2.33. The van der Waals surface area contributed by atoms with Crippen molar-refractivity contribution < 1.29 is 27.5 Å². The highest BCUT2D eigenvalue weighted by atomic mass is 19.4. The van der Waals surface area contributed by atoms with Crippen LogP contribution in [0.4, 0.5) is 30.2 Å². The zero-order chi connectivity index (χ0) is 23.1. The third-order valence-corrected chi connectivity index (χ3v) is 5.36. The number of hydrogen-bond acceptors (Lipinski definition) is 4. The van der Waals surface area contributed by atoms with E-state index >= 15 is 0 Å². The Bertz CT molecular complexity index is 1120. The number of anilines is 3. The predicted molar refractivity (Wildman–Crippen MR) is 116 cm³/mol. The van der Waals surface area contributed by atoms with Crippen LogP contribution >= 0.6 is 0 Å². The van der Waals surface area contributed by atoms with Crippen molar-refractivity contribution in [2.24, 2.45) is 0 Å². The molecule has 4 rings (SSSR count). The van der Waals surface area contributed by atoms with Crippen LogP contribution in [0.3, 0.4) is 0 Å². The van der Waals surface area contributed by atoms with E-state index in [1.165, 1.54) is 12.1 Å². The summed E-state index contributed by atoms with van der Waals surface area (Å²) in [5.74, 6) is -0.506. The molecule has 2 heterocycles. The highest BCUT2D eigenvalue weighted by molar-refractivity contribution is 6.08. The van der Waals surface area contributed by atoms with Gasteiger partial charge in [0.25, 0.3) is 0 Å². The molecule has 0 spiro atoms. The highest BCUT2D eigenvalue weighted by Crippen LogP contribution is 2.38.